The zero-order valence-corrected chi connectivity index (χ0v) is 6.60. The molecular weight excluding hydrogens is 158 g/mol. The first-order chi connectivity index (χ1) is 5.75. The third kappa shape index (κ3) is 1.79. The minimum absolute atomic E-state index is 0.435. The van der Waals surface area contributed by atoms with E-state index < -0.39 is 12.1 Å². The molecule has 1 atom stereocenters. The van der Waals surface area contributed by atoms with Crippen LogP contribution in [0, 0.1) is 0 Å². The van der Waals surface area contributed by atoms with Crippen LogP contribution in [-0.2, 0) is 9.53 Å². The van der Waals surface area contributed by atoms with Gasteiger partial charge in [0.2, 0.25) is 0 Å². The first-order valence-corrected chi connectivity index (χ1v) is 3.41. The van der Waals surface area contributed by atoms with Gasteiger partial charge in [-0.05, 0) is 6.07 Å². The molecule has 0 radical (unpaired) electrons. The van der Waals surface area contributed by atoms with E-state index >= 15 is 0 Å². The van der Waals surface area contributed by atoms with Gasteiger partial charge in [-0.2, -0.15) is 0 Å². The fourth-order valence-corrected chi connectivity index (χ4v) is 0.785. The number of rotatable bonds is 2. The number of pyridine rings is 1. The summed E-state index contributed by atoms with van der Waals surface area (Å²) in [7, 11) is 1.22. The monoisotopic (exact) mass is 167 g/mol. The van der Waals surface area contributed by atoms with Gasteiger partial charge in [-0.1, -0.05) is 6.07 Å². The van der Waals surface area contributed by atoms with Gasteiger partial charge in [-0.25, -0.2) is 4.79 Å². The van der Waals surface area contributed by atoms with Crippen molar-refractivity contribution in [2.24, 2.45) is 0 Å². The lowest BCUT2D eigenvalue weighted by Gasteiger charge is -2.06. The van der Waals surface area contributed by atoms with E-state index in [9.17, 15) is 9.90 Å². The second-order valence-corrected chi connectivity index (χ2v) is 2.21. The molecule has 1 aromatic heterocycles. The minimum atomic E-state index is -1.23. The fourth-order valence-electron chi connectivity index (χ4n) is 0.785. The van der Waals surface area contributed by atoms with Crippen molar-refractivity contribution in [1.82, 2.24) is 4.98 Å². The molecule has 0 amide bonds. The number of esters is 1. The summed E-state index contributed by atoms with van der Waals surface area (Å²) in [5.41, 5.74) is 0.435. The number of carbonyl (C=O) groups excluding carboxylic acids is 1. The Kier molecular flexibility index (Phi) is 2.76. The van der Waals surface area contributed by atoms with E-state index in [0.717, 1.165) is 0 Å². The quantitative estimate of drug-likeness (QED) is 0.643. The number of hydrogen-bond donors (Lipinski definition) is 1. The van der Waals surface area contributed by atoms with Gasteiger partial charge < -0.3 is 9.84 Å². The Hall–Kier alpha value is -1.42. The van der Waals surface area contributed by atoms with Crippen molar-refractivity contribution in [3.05, 3.63) is 30.1 Å². The SMILES string of the molecule is COC(=O)[C@@H](O)c1cccnc1. The molecule has 1 N–H and O–H groups in total. The molecule has 0 aliphatic heterocycles. The largest absolute Gasteiger partial charge is 0.467 e. The fraction of sp³-hybridized carbons (Fsp3) is 0.250. The molecule has 64 valence electrons. The Bertz CT molecular complexity index is 260. The lowest BCUT2D eigenvalue weighted by Crippen LogP contribution is -2.13. The number of ether oxygens (including phenoxy) is 1. The topological polar surface area (TPSA) is 59.4 Å². The lowest BCUT2D eigenvalue weighted by atomic mass is 10.2. The van der Waals surface area contributed by atoms with Gasteiger partial charge in [0.15, 0.2) is 6.10 Å². The molecule has 4 heteroatoms. The van der Waals surface area contributed by atoms with Gasteiger partial charge in [0, 0.05) is 18.0 Å². The van der Waals surface area contributed by atoms with Gasteiger partial charge in [0.1, 0.15) is 0 Å². The molecule has 0 bridgehead atoms. The molecule has 12 heavy (non-hydrogen) atoms. The van der Waals surface area contributed by atoms with Crippen LogP contribution in [0.3, 0.4) is 0 Å². The van der Waals surface area contributed by atoms with Crippen LogP contribution in [0.5, 0.6) is 0 Å². The molecule has 0 saturated carbocycles. The molecule has 0 aromatic carbocycles. The predicted molar refractivity (Wildman–Crippen MR) is 41.2 cm³/mol. The number of hydrogen-bond acceptors (Lipinski definition) is 4. The van der Waals surface area contributed by atoms with Crippen LogP contribution < -0.4 is 0 Å². The Morgan fingerprint density at radius 2 is 2.50 bits per heavy atom. The third-order valence-electron chi connectivity index (χ3n) is 1.42. The van der Waals surface area contributed by atoms with Crippen LogP contribution in [0.4, 0.5) is 0 Å². The summed E-state index contributed by atoms with van der Waals surface area (Å²) in [6, 6.07) is 3.25. The first-order valence-electron chi connectivity index (χ1n) is 3.41. The van der Waals surface area contributed by atoms with E-state index in [1.165, 1.54) is 13.3 Å². The number of aliphatic hydroxyl groups excluding tert-OH is 1. The normalized spacial score (nSPS) is 12.2. The van der Waals surface area contributed by atoms with Crippen LogP contribution in [-0.4, -0.2) is 23.2 Å². The van der Waals surface area contributed by atoms with Crippen LogP contribution in [0.2, 0.25) is 0 Å². The molecule has 0 aliphatic rings. The highest BCUT2D eigenvalue weighted by Gasteiger charge is 2.16. The smallest absolute Gasteiger partial charge is 0.339 e. The van der Waals surface area contributed by atoms with Gasteiger partial charge in [0.05, 0.1) is 7.11 Å². The molecule has 0 aliphatic carbocycles. The number of carbonyl (C=O) groups is 1. The van der Waals surface area contributed by atoms with Crippen LogP contribution in [0.1, 0.15) is 11.7 Å². The minimum Gasteiger partial charge on any atom is -0.467 e. The number of aliphatic hydroxyl groups is 1. The van der Waals surface area contributed by atoms with Crippen molar-refractivity contribution in [1.29, 1.82) is 0 Å². The zero-order chi connectivity index (χ0) is 8.97. The van der Waals surface area contributed by atoms with Crippen molar-refractivity contribution >= 4 is 5.97 Å². The van der Waals surface area contributed by atoms with E-state index in [-0.39, 0.29) is 0 Å². The Morgan fingerprint density at radius 1 is 1.75 bits per heavy atom. The summed E-state index contributed by atoms with van der Waals surface area (Å²) in [6.45, 7) is 0. The van der Waals surface area contributed by atoms with Crippen molar-refractivity contribution < 1.29 is 14.6 Å². The van der Waals surface area contributed by atoms with Crippen molar-refractivity contribution in [3.63, 3.8) is 0 Å². The number of methoxy groups -OCH3 is 1. The van der Waals surface area contributed by atoms with Gasteiger partial charge in [0.25, 0.3) is 0 Å². The van der Waals surface area contributed by atoms with E-state index in [4.69, 9.17) is 0 Å². The molecule has 0 unspecified atom stereocenters. The summed E-state index contributed by atoms with van der Waals surface area (Å²) in [5.74, 6) is -0.678. The lowest BCUT2D eigenvalue weighted by molar-refractivity contribution is -0.150. The van der Waals surface area contributed by atoms with E-state index in [1.807, 2.05) is 0 Å². The Morgan fingerprint density at radius 3 is 3.00 bits per heavy atom. The third-order valence-corrected chi connectivity index (χ3v) is 1.42. The summed E-state index contributed by atoms with van der Waals surface area (Å²) in [4.78, 5) is 14.6. The average Bonchev–Trinajstić information content (AvgIpc) is 2.17. The second kappa shape index (κ2) is 3.82. The van der Waals surface area contributed by atoms with E-state index in [2.05, 4.69) is 9.72 Å². The highest BCUT2D eigenvalue weighted by molar-refractivity contribution is 5.75. The van der Waals surface area contributed by atoms with E-state index in [1.54, 1.807) is 18.3 Å². The molecule has 0 fully saturated rings. The summed E-state index contributed by atoms with van der Waals surface area (Å²) < 4.78 is 4.35. The second-order valence-electron chi connectivity index (χ2n) is 2.21. The van der Waals surface area contributed by atoms with Crippen LogP contribution in [0.25, 0.3) is 0 Å². The summed E-state index contributed by atoms with van der Waals surface area (Å²) in [6.07, 6.45) is 1.75. The molecule has 0 saturated heterocycles. The standard InChI is InChI=1S/C8H9NO3/c1-12-8(11)7(10)6-3-2-4-9-5-6/h2-5,7,10H,1H3/t7-/m0/s1. The van der Waals surface area contributed by atoms with E-state index in [0.29, 0.717) is 5.56 Å². The van der Waals surface area contributed by atoms with Crippen molar-refractivity contribution in [3.8, 4) is 0 Å². The summed E-state index contributed by atoms with van der Waals surface area (Å²) >= 11 is 0. The summed E-state index contributed by atoms with van der Waals surface area (Å²) in [5, 5.41) is 9.27. The predicted octanol–water partition coefficient (Wildman–Crippen LogP) is 0.288. The zero-order valence-electron chi connectivity index (χ0n) is 6.60. The average molecular weight is 167 g/mol. The van der Waals surface area contributed by atoms with Crippen LogP contribution in [0.15, 0.2) is 24.5 Å². The Labute approximate surface area is 69.8 Å². The van der Waals surface area contributed by atoms with Gasteiger partial charge in [-0.15, -0.1) is 0 Å². The first kappa shape index (κ1) is 8.67. The number of aromatic nitrogens is 1. The molecule has 1 heterocycles. The molecular formula is C8H9NO3. The van der Waals surface area contributed by atoms with Crippen molar-refractivity contribution in [2.45, 2.75) is 6.10 Å². The van der Waals surface area contributed by atoms with Gasteiger partial charge >= 0.3 is 5.97 Å². The van der Waals surface area contributed by atoms with Crippen molar-refractivity contribution in [2.75, 3.05) is 7.11 Å². The highest BCUT2D eigenvalue weighted by atomic mass is 16.5. The molecule has 1 aromatic rings. The highest BCUT2D eigenvalue weighted by Crippen LogP contribution is 2.11. The molecule has 0 spiro atoms. The molecule has 4 nitrogen and oxygen atoms in total. The van der Waals surface area contributed by atoms with Gasteiger partial charge in [-0.3, -0.25) is 4.98 Å². The maximum atomic E-state index is 10.8. The Balaban J connectivity index is 2.78. The van der Waals surface area contributed by atoms with Crippen LogP contribution >= 0.6 is 0 Å². The number of nitrogens with zero attached hydrogens (tertiary/aromatic N) is 1. The molecule has 1 rings (SSSR count). The maximum Gasteiger partial charge on any atom is 0.339 e. The maximum absolute atomic E-state index is 10.8.